The number of carbonyl (C=O) groups is 2. The Bertz CT molecular complexity index is 466. The fraction of sp³-hybridized carbons (Fsp3) is 0.733. The number of ether oxygens (including phenoxy) is 1. The molecular weight excluding hydrogens is 322 g/mol. The first kappa shape index (κ1) is 20.4. The first-order valence-electron chi connectivity index (χ1n) is 7.88. The standard InChI is InChI=1S/C15H25NO8/c1-2-3-4-5-11(20)16-12-8(18)6-10(15(22)23)24-14(12)13(21)9(19)7-17/h6,8-9,12-14,17-19,21H,2-5,7H2,1H3,(H,16,20)(H,22,23)/t8?,9?,12-,13?,14?/m1/s1. The van der Waals surface area contributed by atoms with Crippen LogP contribution in [0.5, 0.6) is 0 Å². The Morgan fingerprint density at radius 2 is 2.00 bits per heavy atom. The van der Waals surface area contributed by atoms with E-state index in [1.807, 2.05) is 6.92 Å². The molecule has 1 aliphatic rings. The molecule has 0 bridgehead atoms. The summed E-state index contributed by atoms with van der Waals surface area (Å²) in [4.78, 5) is 23.0. The van der Waals surface area contributed by atoms with Crippen LogP contribution in [0.1, 0.15) is 32.6 Å². The normalized spacial score (nSPS) is 26.0. The van der Waals surface area contributed by atoms with Gasteiger partial charge in [0.15, 0.2) is 6.10 Å². The fourth-order valence-electron chi connectivity index (χ4n) is 2.40. The molecule has 138 valence electrons. The number of hydrogen-bond acceptors (Lipinski definition) is 7. The number of carbonyl (C=O) groups excluding carboxylic acids is 1. The largest absolute Gasteiger partial charge is 0.478 e. The number of carboxylic acid groups (broad SMARTS) is 1. The van der Waals surface area contributed by atoms with Gasteiger partial charge in [0, 0.05) is 6.42 Å². The highest BCUT2D eigenvalue weighted by atomic mass is 16.5. The molecule has 24 heavy (non-hydrogen) atoms. The van der Waals surface area contributed by atoms with Crippen molar-refractivity contribution in [2.45, 2.75) is 63.1 Å². The van der Waals surface area contributed by atoms with Gasteiger partial charge in [0.2, 0.25) is 11.7 Å². The van der Waals surface area contributed by atoms with Crippen LogP contribution >= 0.6 is 0 Å². The Labute approximate surface area is 139 Å². The predicted molar refractivity (Wildman–Crippen MR) is 81.8 cm³/mol. The minimum absolute atomic E-state index is 0.206. The second-order valence-electron chi connectivity index (χ2n) is 5.70. The zero-order valence-corrected chi connectivity index (χ0v) is 13.5. The summed E-state index contributed by atoms with van der Waals surface area (Å²) in [6.45, 7) is 1.19. The van der Waals surface area contributed by atoms with Crippen molar-refractivity contribution >= 4 is 11.9 Å². The van der Waals surface area contributed by atoms with Gasteiger partial charge in [-0.15, -0.1) is 0 Å². The van der Waals surface area contributed by atoms with E-state index in [0.29, 0.717) is 6.42 Å². The Balaban J connectivity index is 2.90. The SMILES string of the molecule is CCCCCC(=O)N[C@@H]1C(O)C=C(C(=O)O)OC1C(O)C(O)CO. The third-order valence-electron chi connectivity index (χ3n) is 3.77. The summed E-state index contributed by atoms with van der Waals surface area (Å²) in [6, 6.07) is -1.15. The molecule has 1 amide bonds. The molecule has 9 heteroatoms. The number of aliphatic hydroxyl groups excluding tert-OH is 4. The summed E-state index contributed by atoms with van der Waals surface area (Å²) in [5.74, 6) is -2.45. The Kier molecular flexibility index (Phi) is 8.13. The number of carboxylic acids is 1. The second kappa shape index (κ2) is 9.58. The van der Waals surface area contributed by atoms with E-state index in [1.54, 1.807) is 0 Å². The van der Waals surface area contributed by atoms with Crippen LogP contribution in [-0.4, -0.2) is 74.5 Å². The van der Waals surface area contributed by atoms with E-state index in [4.69, 9.17) is 14.9 Å². The lowest BCUT2D eigenvalue weighted by molar-refractivity contribution is -0.149. The van der Waals surface area contributed by atoms with Gasteiger partial charge in [0.25, 0.3) is 0 Å². The average molecular weight is 347 g/mol. The van der Waals surface area contributed by atoms with Crippen LogP contribution in [0.15, 0.2) is 11.8 Å². The van der Waals surface area contributed by atoms with Crippen LogP contribution < -0.4 is 5.32 Å². The van der Waals surface area contributed by atoms with E-state index >= 15 is 0 Å². The molecule has 0 saturated carbocycles. The number of aliphatic carboxylic acids is 1. The zero-order chi connectivity index (χ0) is 18.3. The summed E-state index contributed by atoms with van der Waals surface area (Å²) >= 11 is 0. The molecule has 1 heterocycles. The minimum Gasteiger partial charge on any atom is -0.478 e. The molecule has 1 rings (SSSR count). The predicted octanol–water partition coefficient (Wildman–Crippen LogP) is -1.51. The van der Waals surface area contributed by atoms with Crippen LogP contribution in [0.3, 0.4) is 0 Å². The van der Waals surface area contributed by atoms with Crippen LogP contribution in [0.4, 0.5) is 0 Å². The number of unbranched alkanes of at least 4 members (excludes halogenated alkanes) is 2. The average Bonchev–Trinajstić information content (AvgIpc) is 2.55. The third-order valence-corrected chi connectivity index (χ3v) is 3.77. The van der Waals surface area contributed by atoms with Crippen molar-refractivity contribution in [3.8, 4) is 0 Å². The Morgan fingerprint density at radius 1 is 1.33 bits per heavy atom. The number of rotatable bonds is 9. The molecule has 1 aliphatic heterocycles. The van der Waals surface area contributed by atoms with Gasteiger partial charge in [-0.05, 0) is 12.5 Å². The zero-order valence-electron chi connectivity index (χ0n) is 13.5. The van der Waals surface area contributed by atoms with Crippen molar-refractivity contribution in [1.82, 2.24) is 5.32 Å². The summed E-state index contributed by atoms with van der Waals surface area (Å²) < 4.78 is 5.11. The number of nitrogens with one attached hydrogen (secondary N) is 1. The van der Waals surface area contributed by atoms with Gasteiger partial charge in [-0.25, -0.2) is 4.79 Å². The molecule has 0 aromatic carbocycles. The molecule has 4 unspecified atom stereocenters. The molecule has 0 saturated heterocycles. The topological polar surface area (TPSA) is 157 Å². The Morgan fingerprint density at radius 3 is 2.54 bits per heavy atom. The van der Waals surface area contributed by atoms with Gasteiger partial charge in [-0.2, -0.15) is 0 Å². The van der Waals surface area contributed by atoms with E-state index in [2.05, 4.69) is 5.32 Å². The van der Waals surface area contributed by atoms with Gasteiger partial charge < -0.3 is 35.6 Å². The van der Waals surface area contributed by atoms with E-state index in [1.165, 1.54) is 0 Å². The minimum atomic E-state index is -1.70. The van der Waals surface area contributed by atoms with Gasteiger partial charge in [0.1, 0.15) is 18.3 Å². The Hall–Kier alpha value is -1.68. The van der Waals surface area contributed by atoms with Crippen molar-refractivity contribution in [2.24, 2.45) is 0 Å². The molecule has 5 atom stereocenters. The monoisotopic (exact) mass is 347 g/mol. The highest BCUT2D eigenvalue weighted by Crippen LogP contribution is 2.23. The van der Waals surface area contributed by atoms with Crippen LogP contribution in [-0.2, 0) is 14.3 Å². The lowest BCUT2D eigenvalue weighted by atomic mass is 9.93. The van der Waals surface area contributed by atoms with Gasteiger partial charge in [-0.1, -0.05) is 19.8 Å². The lowest BCUT2D eigenvalue weighted by Crippen LogP contribution is -2.60. The molecule has 0 aliphatic carbocycles. The molecular formula is C15H25NO8. The van der Waals surface area contributed by atoms with Gasteiger partial charge in [0.05, 0.1) is 12.6 Å². The van der Waals surface area contributed by atoms with E-state index in [0.717, 1.165) is 18.9 Å². The highest BCUT2D eigenvalue weighted by Gasteiger charge is 2.43. The smallest absolute Gasteiger partial charge is 0.370 e. The summed E-state index contributed by atoms with van der Waals surface area (Å²) in [5, 5.41) is 50.1. The third kappa shape index (κ3) is 5.45. The van der Waals surface area contributed by atoms with Gasteiger partial charge in [-0.3, -0.25) is 4.79 Å². The number of hydrogen-bond donors (Lipinski definition) is 6. The maximum absolute atomic E-state index is 11.9. The molecule has 0 spiro atoms. The number of amides is 1. The molecule has 0 radical (unpaired) electrons. The summed E-state index contributed by atoms with van der Waals surface area (Å²) in [6.07, 6.45) is -2.62. The van der Waals surface area contributed by atoms with Crippen LogP contribution in [0, 0.1) is 0 Å². The molecule has 0 aromatic rings. The number of aliphatic hydroxyl groups is 4. The summed E-state index contributed by atoms with van der Waals surface area (Å²) in [5.41, 5.74) is 0. The molecule has 0 aromatic heterocycles. The van der Waals surface area contributed by atoms with Gasteiger partial charge >= 0.3 is 5.97 Å². The highest BCUT2D eigenvalue weighted by molar-refractivity contribution is 5.84. The van der Waals surface area contributed by atoms with Crippen molar-refractivity contribution in [3.63, 3.8) is 0 Å². The van der Waals surface area contributed by atoms with Crippen LogP contribution in [0.25, 0.3) is 0 Å². The van der Waals surface area contributed by atoms with Crippen LogP contribution in [0.2, 0.25) is 0 Å². The molecule has 9 nitrogen and oxygen atoms in total. The van der Waals surface area contributed by atoms with E-state index < -0.39 is 48.8 Å². The fourth-order valence-corrected chi connectivity index (χ4v) is 2.40. The van der Waals surface area contributed by atoms with Crippen molar-refractivity contribution in [2.75, 3.05) is 6.61 Å². The summed E-state index contributed by atoms with van der Waals surface area (Å²) in [7, 11) is 0. The van der Waals surface area contributed by atoms with Crippen molar-refractivity contribution < 1.29 is 39.9 Å². The lowest BCUT2D eigenvalue weighted by Gasteiger charge is -2.38. The van der Waals surface area contributed by atoms with E-state index in [-0.39, 0.29) is 12.3 Å². The maximum Gasteiger partial charge on any atom is 0.370 e. The quantitative estimate of drug-likeness (QED) is 0.275. The first-order valence-corrected chi connectivity index (χ1v) is 7.88. The van der Waals surface area contributed by atoms with Crippen molar-refractivity contribution in [3.05, 3.63) is 11.8 Å². The molecule has 6 N–H and O–H groups in total. The molecule has 0 fully saturated rings. The first-order chi connectivity index (χ1) is 11.3. The second-order valence-corrected chi connectivity index (χ2v) is 5.70. The van der Waals surface area contributed by atoms with E-state index in [9.17, 15) is 24.9 Å². The van der Waals surface area contributed by atoms with Crippen molar-refractivity contribution in [1.29, 1.82) is 0 Å². The maximum atomic E-state index is 11.9.